The van der Waals surface area contributed by atoms with Crippen LogP contribution in [-0.2, 0) is 16.1 Å². The maximum atomic E-state index is 12.2. The highest BCUT2D eigenvalue weighted by Crippen LogP contribution is 2.13. The number of aryl methyl sites for hydroxylation is 1. The van der Waals surface area contributed by atoms with Crippen LogP contribution in [0.5, 0.6) is 0 Å². The van der Waals surface area contributed by atoms with Gasteiger partial charge in [-0.1, -0.05) is 0 Å². The first-order chi connectivity index (χ1) is 10.4. The summed E-state index contributed by atoms with van der Waals surface area (Å²) >= 11 is 1.39. The van der Waals surface area contributed by atoms with Gasteiger partial charge in [-0.25, -0.2) is 4.98 Å². The number of carboxylic acid groups (broad SMARTS) is 1. The van der Waals surface area contributed by atoms with Crippen LogP contribution < -0.4 is 5.56 Å². The van der Waals surface area contributed by atoms with E-state index in [9.17, 15) is 14.4 Å². The van der Waals surface area contributed by atoms with Gasteiger partial charge in [-0.05, 0) is 25.3 Å². The second-order valence-electron chi connectivity index (χ2n) is 5.14. The van der Waals surface area contributed by atoms with Crippen LogP contribution in [0.4, 0.5) is 0 Å². The lowest BCUT2D eigenvalue weighted by atomic mass is 10.2. The van der Waals surface area contributed by atoms with Crippen molar-refractivity contribution < 1.29 is 14.7 Å². The number of amides is 1. The molecule has 8 heteroatoms. The van der Waals surface area contributed by atoms with Gasteiger partial charge >= 0.3 is 5.97 Å². The number of nitrogens with zero attached hydrogens (tertiary/aromatic N) is 3. The van der Waals surface area contributed by atoms with Gasteiger partial charge in [-0.3, -0.25) is 19.0 Å². The van der Waals surface area contributed by atoms with Gasteiger partial charge < -0.3 is 10.0 Å². The van der Waals surface area contributed by atoms with E-state index < -0.39 is 5.97 Å². The molecule has 0 spiro atoms. The molecule has 2 aromatic heterocycles. The molecule has 0 bridgehead atoms. The Hall–Kier alpha value is -2.22. The number of aromatic nitrogens is 2. The summed E-state index contributed by atoms with van der Waals surface area (Å²) in [5.41, 5.74) is -0.187. The van der Waals surface area contributed by atoms with Crippen molar-refractivity contribution in [3.05, 3.63) is 28.1 Å². The first kappa shape index (κ1) is 16.2. The van der Waals surface area contributed by atoms with E-state index in [0.717, 1.165) is 0 Å². The topological polar surface area (TPSA) is 92.5 Å². The van der Waals surface area contributed by atoms with Gasteiger partial charge in [0, 0.05) is 19.0 Å². The van der Waals surface area contributed by atoms with Gasteiger partial charge in [0.25, 0.3) is 5.56 Å². The van der Waals surface area contributed by atoms with Gasteiger partial charge in [-0.2, -0.15) is 0 Å². The Bertz CT molecular complexity index is 750. The van der Waals surface area contributed by atoms with Crippen LogP contribution in [-0.4, -0.2) is 44.0 Å². The molecule has 0 aromatic carbocycles. The minimum atomic E-state index is -1.06. The highest BCUT2D eigenvalue weighted by atomic mass is 32.1. The standard InChI is InChI=1S/C14H17N3O4S/c1-9(2)17(7-12(19)20)11(18)3-5-16-8-15-13-10(14(16)21)4-6-22-13/h4,6,8-9H,3,5,7H2,1-2H3,(H,19,20). The highest BCUT2D eigenvalue weighted by molar-refractivity contribution is 7.16. The third kappa shape index (κ3) is 3.51. The zero-order chi connectivity index (χ0) is 16.3. The van der Waals surface area contributed by atoms with E-state index in [2.05, 4.69) is 4.98 Å². The summed E-state index contributed by atoms with van der Waals surface area (Å²) in [7, 11) is 0. The van der Waals surface area contributed by atoms with E-state index in [1.807, 2.05) is 0 Å². The third-order valence-electron chi connectivity index (χ3n) is 3.27. The zero-order valence-electron chi connectivity index (χ0n) is 12.4. The molecule has 0 saturated carbocycles. The molecule has 0 unspecified atom stereocenters. The van der Waals surface area contributed by atoms with Crippen LogP contribution in [0.3, 0.4) is 0 Å². The summed E-state index contributed by atoms with van der Waals surface area (Å²) in [4.78, 5) is 41.3. The predicted octanol–water partition coefficient (Wildman–Crippen LogP) is 1.17. The molecular weight excluding hydrogens is 306 g/mol. The third-order valence-corrected chi connectivity index (χ3v) is 4.09. The van der Waals surface area contributed by atoms with E-state index >= 15 is 0 Å². The van der Waals surface area contributed by atoms with Crippen LogP contribution in [0, 0.1) is 0 Å². The number of hydrogen-bond donors (Lipinski definition) is 1. The monoisotopic (exact) mass is 323 g/mol. The van der Waals surface area contributed by atoms with Crippen molar-refractivity contribution in [2.24, 2.45) is 0 Å². The lowest BCUT2D eigenvalue weighted by molar-refractivity contribution is -0.145. The van der Waals surface area contributed by atoms with E-state index in [0.29, 0.717) is 10.2 Å². The van der Waals surface area contributed by atoms with Crippen molar-refractivity contribution in [1.29, 1.82) is 0 Å². The Labute approximate surface area is 130 Å². The number of fused-ring (bicyclic) bond motifs is 1. The first-order valence-electron chi connectivity index (χ1n) is 6.84. The Morgan fingerprint density at radius 3 is 2.82 bits per heavy atom. The molecular formula is C14H17N3O4S. The van der Waals surface area contributed by atoms with Gasteiger partial charge in [-0.15, -0.1) is 11.3 Å². The molecule has 118 valence electrons. The minimum absolute atomic E-state index is 0.0582. The van der Waals surface area contributed by atoms with Crippen molar-refractivity contribution in [3.63, 3.8) is 0 Å². The van der Waals surface area contributed by atoms with Crippen LogP contribution >= 0.6 is 11.3 Å². The fourth-order valence-electron chi connectivity index (χ4n) is 2.12. The fraction of sp³-hybridized carbons (Fsp3) is 0.429. The second kappa shape index (κ2) is 6.69. The van der Waals surface area contributed by atoms with Crippen molar-refractivity contribution in [2.45, 2.75) is 32.9 Å². The molecule has 22 heavy (non-hydrogen) atoms. The predicted molar refractivity (Wildman–Crippen MR) is 83.0 cm³/mol. The van der Waals surface area contributed by atoms with Crippen molar-refractivity contribution in [2.75, 3.05) is 6.54 Å². The lowest BCUT2D eigenvalue weighted by Gasteiger charge is -2.25. The summed E-state index contributed by atoms with van der Waals surface area (Å²) in [5, 5.41) is 11.2. The van der Waals surface area contributed by atoms with Gasteiger partial charge in [0.1, 0.15) is 11.4 Å². The first-order valence-corrected chi connectivity index (χ1v) is 7.72. The normalized spacial score (nSPS) is 11.0. The number of carboxylic acids is 1. The molecule has 0 atom stereocenters. The molecule has 0 aliphatic rings. The molecule has 0 radical (unpaired) electrons. The number of rotatable bonds is 6. The molecule has 0 saturated heterocycles. The Kier molecular flexibility index (Phi) is 4.92. The minimum Gasteiger partial charge on any atom is -0.480 e. The van der Waals surface area contributed by atoms with Gasteiger partial charge in [0.05, 0.1) is 11.7 Å². The van der Waals surface area contributed by atoms with Gasteiger partial charge in [0.15, 0.2) is 0 Å². The summed E-state index contributed by atoms with van der Waals surface area (Å²) in [6.45, 7) is 3.35. The van der Waals surface area contributed by atoms with Crippen LogP contribution in [0.1, 0.15) is 20.3 Å². The zero-order valence-corrected chi connectivity index (χ0v) is 13.2. The lowest BCUT2D eigenvalue weighted by Crippen LogP contribution is -2.41. The highest BCUT2D eigenvalue weighted by Gasteiger charge is 2.19. The van der Waals surface area contributed by atoms with E-state index in [1.54, 1.807) is 25.3 Å². The molecule has 2 rings (SSSR count). The van der Waals surface area contributed by atoms with Crippen LogP contribution in [0.15, 0.2) is 22.6 Å². The number of carbonyl (C=O) groups is 2. The number of aliphatic carboxylic acids is 1. The molecule has 0 aliphatic heterocycles. The Morgan fingerprint density at radius 2 is 2.18 bits per heavy atom. The van der Waals surface area contributed by atoms with E-state index in [-0.39, 0.29) is 37.0 Å². The van der Waals surface area contributed by atoms with E-state index in [1.165, 1.54) is 27.1 Å². The molecule has 7 nitrogen and oxygen atoms in total. The van der Waals surface area contributed by atoms with Crippen molar-refractivity contribution >= 4 is 33.4 Å². The Balaban J connectivity index is 2.10. The maximum absolute atomic E-state index is 12.2. The van der Waals surface area contributed by atoms with Crippen molar-refractivity contribution in [3.8, 4) is 0 Å². The summed E-state index contributed by atoms with van der Waals surface area (Å²) in [6.07, 6.45) is 1.48. The largest absolute Gasteiger partial charge is 0.480 e. The molecule has 2 aromatic rings. The average Bonchev–Trinajstić information content (AvgIpc) is 2.92. The maximum Gasteiger partial charge on any atom is 0.323 e. The quantitative estimate of drug-likeness (QED) is 0.861. The Morgan fingerprint density at radius 1 is 1.45 bits per heavy atom. The number of thiophene rings is 1. The molecule has 1 amide bonds. The number of carbonyl (C=O) groups excluding carboxylic acids is 1. The second-order valence-corrected chi connectivity index (χ2v) is 6.04. The fourth-order valence-corrected chi connectivity index (χ4v) is 2.84. The molecule has 2 heterocycles. The van der Waals surface area contributed by atoms with Crippen LogP contribution in [0.2, 0.25) is 0 Å². The summed E-state index contributed by atoms with van der Waals surface area (Å²) < 4.78 is 1.38. The van der Waals surface area contributed by atoms with Crippen LogP contribution in [0.25, 0.3) is 10.2 Å². The molecule has 0 aliphatic carbocycles. The SMILES string of the molecule is CC(C)N(CC(=O)O)C(=O)CCn1cnc2sccc2c1=O. The van der Waals surface area contributed by atoms with Crippen molar-refractivity contribution in [1.82, 2.24) is 14.5 Å². The summed E-state index contributed by atoms with van der Waals surface area (Å²) in [5.74, 6) is -1.35. The van der Waals surface area contributed by atoms with Gasteiger partial charge in [0.2, 0.25) is 5.91 Å². The summed E-state index contributed by atoms with van der Waals surface area (Å²) in [6, 6.07) is 1.50. The molecule has 0 fully saturated rings. The average molecular weight is 323 g/mol. The molecule has 1 N–H and O–H groups in total. The van der Waals surface area contributed by atoms with E-state index in [4.69, 9.17) is 5.11 Å². The smallest absolute Gasteiger partial charge is 0.323 e. The number of hydrogen-bond acceptors (Lipinski definition) is 5.